The summed E-state index contributed by atoms with van der Waals surface area (Å²) in [7, 11) is 0. The first kappa shape index (κ1) is 17.6. The maximum atomic E-state index is 12.6. The van der Waals surface area contributed by atoms with Crippen molar-refractivity contribution in [2.45, 2.75) is 44.3 Å². The van der Waals surface area contributed by atoms with Crippen LogP contribution in [0.4, 0.5) is 0 Å². The van der Waals surface area contributed by atoms with Crippen molar-refractivity contribution < 1.29 is 19.1 Å². The lowest BCUT2D eigenvalue weighted by molar-refractivity contribution is -0.0905. The van der Waals surface area contributed by atoms with Gasteiger partial charge in [0, 0.05) is 12.4 Å². The molecular formula is C21H22N2O4. The molecule has 5 rings (SSSR count). The molecule has 2 aromatic heterocycles. The predicted octanol–water partition coefficient (Wildman–Crippen LogP) is 3.44. The van der Waals surface area contributed by atoms with Crippen molar-refractivity contribution in [1.29, 1.82) is 0 Å². The summed E-state index contributed by atoms with van der Waals surface area (Å²) in [4.78, 5) is 33.3. The van der Waals surface area contributed by atoms with Crippen molar-refractivity contribution in [2.24, 2.45) is 11.8 Å². The van der Waals surface area contributed by atoms with Gasteiger partial charge in [-0.25, -0.2) is 19.6 Å². The van der Waals surface area contributed by atoms with Gasteiger partial charge in [0.05, 0.1) is 0 Å². The van der Waals surface area contributed by atoms with Crippen LogP contribution in [0, 0.1) is 11.8 Å². The van der Waals surface area contributed by atoms with Crippen molar-refractivity contribution >= 4 is 11.9 Å². The Kier molecular flexibility index (Phi) is 5.14. The Bertz CT molecular complexity index is 725. The van der Waals surface area contributed by atoms with Crippen LogP contribution < -0.4 is 0 Å². The Labute approximate surface area is 157 Å². The van der Waals surface area contributed by atoms with Crippen molar-refractivity contribution in [2.75, 3.05) is 0 Å². The zero-order valence-electron chi connectivity index (χ0n) is 15.0. The van der Waals surface area contributed by atoms with Crippen LogP contribution in [-0.4, -0.2) is 34.1 Å². The predicted molar refractivity (Wildman–Crippen MR) is 96.9 cm³/mol. The Balaban J connectivity index is 1.55. The van der Waals surface area contributed by atoms with Crippen LogP contribution in [0.3, 0.4) is 0 Å². The first-order chi connectivity index (χ1) is 13.2. The third-order valence-electron chi connectivity index (χ3n) is 5.55. The second kappa shape index (κ2) is 7.86. The van der Waals surface area contributed by atoms with E-state index in [-0.39, 0.29) is 23.2 Å². The van der Waals surface area contributed by atoms with E-state index < -0.39 is 24.1 Å². The summed E-state index contributed by atoms with van der Waals surface area (Å²) >= 11 is 0. The first-order valence-electron chi connectivity index (χ1n) is 9.46. The van der Waals surface area contributed by atoms with Gasteiger partial charge in [0.15, 0.2) is 0 Å². The number of esters is 2. The van der Waals surface area contributed by atoms with Crippen molar-refractivity contribution in [3.63, 3.8) is 0 Å². The molecule has 2 bridgehead atoms. The van der Waals surface area contributed by atoms with Gasteiger partial charge in [-0.05, 0) is 61.8 Å². The number of hydrogen-bond acceptors (Lipinski definition) is 6. The van der Waals surface area contributed by atoms with E-state index in [1.165, 1.54) is 0 Å². The molecule has 6 nitrogen and oxygen atoms in total. The van der Waals surface area contributed by atoms with Crippen LogP contribution in [0.2, 0.25) is 0 Å². The molecular weight excluding hydrogens is 344 g/mol. The lowest BCUT2D eigenvalue weighted by Crippen LogP contribution is -2.47. The Hall–Kier alpha value is -2.76. The SMILES string of the molecule is O=C(OC1C2CCCC(CC2)C1OC(=O)c1ccccn1)c1ccccn1. The smallest absolute Gasteiger partial charge is 0.357 e. The lowest BCUT2D eigenvalue weighted by atomic mass is 9.79. The molecule has 6 heteroatoms. The topological polar surface area (TPSA) is 78.4 Å². The van der Waals surface area contributed by atoms with E-state index in [2.05, 4.69) is 9.97 Å². The van der Waals surface area contributed by atoms with E-state index in [0.717, 1.165) is 32.1 Å². The van der Waals surface area contributed by atoms with Crippen molar-refractivity contribution in [1.82, 2.24) is 9.97 Å². The monoisotopic (exact) mass is 366 g/mol. The molecule has 3 fully saturated rings. The zero-order chi connectivity index (χ0) is 18.6. The number of aromatic nitrogens is 2. The fourth-order valence-corrected chi connectivity index (χ4v) is 4.21. The number of ether oxygens (including phenoxy) is 2. The molecule has 0 N–H and O–H groups in total. The molecule has 140 valence electrons. The molecule has 2 aromatic rings. The highest BCUT2D eigenvalue weighted by molar-refractivity contribution is 5.88. The van der Waals surface area contributed by atoms with E-state index in [1.807, 2.05) is 0 Å². The molecule has 3 aliphatic carbocycles. The fourth-order valence-electron chi connectivity index (χ4n) is 4.21. The summed E-state index contributed by atoms with van der Waals surface area (Å²) in [6.07, 6.45) is 7.25. The van der Waals surface area contributed by atoms with Gasteiger partial charge in [0.25, 0.3) is 0 Å². The van der Waals surface area contributed by atoms with Gasteiger partial charge in [-0.15, -0.1) is 0 Å². The van der Waals surface area contributed by atoms with E-state index in [9.17, 15) is 9.59 Å². The number of carbonyl (C=O) groups excluding carboxylic acids is 2. The quantitative estimate of drug-likeness (QED) is 0.772. The molecule has 0 amide bonds. The molecule has 4 unspecified atom stereocenters. The maximum Gasteiger partial charge on any atom is 0.357 e. The summed E-state index contributed by atoms with van der Waals surface area (Å²) in [5.74, 6) is -0.519. The van der Waals surface area contributed by atoms with E-state index in [0.29, 0.717) is 0 Å². The molecule has 27 heavy (non-hydrogen) atoms. The van der Waals surface area contributed by atoms with Crippen LogP contribution in [-0.2, 0) is 9.47 Å². The number of nitrogens with zero attached hydrogens (tertiary/aromatic N) is 2. The van der Waals surface area contributed by atoms with Gasteiger partial charge in [0.1, 0.15) is 23.6 Å². The summed E-state index contributed by atoms with van der Waals surface area (Å²) in [5.41, 5.74) is 0.542. The minimum Gasteiger partial charge on any atom is -0.453 e. The average molecular weight is 366 g/mol. The number of hydrogen-bond donors (Lipinski definition) is 0. The standard InChI is InChI=1S/C21H22N2O4/c24-20(16-8-1-3-12-22-16)26-18-14-6-5-7-15(11-10-14)19(18)27-21(25)17-9-2-4-13-23-17/h1-4,8-9,12-15,18-19H,5-7,10-11H2. The van der Waals surface area contributed by atoms with Crippen LogP contribution in [0.5, 0.6) is 0 Å². The lowest BCUT2D eigenvalue weighted by Gasteiger charge is -2.38. The van der Waals surface area contributed by atoms with Gasteiger partial charge in [-0.1, -0.05) is 18.6 Å². The summed E-state index contributed by atoms with van der Waals surface area (Å²) < 4.78 is 11.7. The van der Waals surface area contributed by atoms with Crippen LogP contribution >= 0.6 is 0 Å². The third kappa shape index (κ3) is 3.84. The number of rotatable bonds is 4. The molecule has 0 radical (unpaired) electrons. The molecule has 2 heterocycles. The molecule has 0 saturated heterocycles. The summed E-state index contributed by atoms with van der Waals surface area (Å²) in [6.45, 7) is 0. The third-order valence-corrected chi connectivity index (χ3v) is 5.55. The van der Waals surface area contributed by atoms with Gasteiger partial charge in [-0.2, -0.15) is 0 Å². The number of pyridine rings is 2. The molecule has 4 atom stereocenters. The Morgan fingerprint density at radius 3 is 1.63 bits per heavy atom. The largest absolute Gasteiger partial charge is 0.453 e. The second-order valence-electron chi connectivity index (χ2n) is 7.20. The van der Waals surface area contributed by atoms with E-state index in [4.69, 9.17) is 9.47 Å². The number of carbonyl (C=O) groups is 2. The van der Waals surface area contributed by atoms with Crippen LogP contribution in [0.15, 0.2) is 48.8 Å². The van der Waals surface area contributed by atoms with Crippen LogP contribution in [0.1, 0.15) is 53.1 Å². The second-order valence-corrected chi connectivity index (χ2v) is 7.20. The minimum atomic E-state index is -0.466. The van der Waals surface area contributed by atoms with Crippen LogP contribution in [0.25, 0.3) is 0 Å². The Morgan fingerprint density at radius 1 is 0.741 bits per heavy atom. The molecule has 0 aromatic carbocycles. The van der Waals surface area contributed by atoms with E-state index >= 15 is 0 Å². The summed E-state index contributed by atoms with van der Waals surface area (Å²) in [5, 5.41) is 0. The zero-order valence-corrected chi connectivity index (χ0v) is 15.0. The molecule has 0 aliphatic heterocycles. The fraction of sp³-hybridized carbons (Fsp3) is 0.429. The van der Waals surface area contributed by atoms with Gasteiger partial charge >= 0.3 is 11.9 Å². The summed E-state index contributed by atoms with van der Waals surface area (Å²) in [6, 6.07) is 10.3. The highest BCUT2D eigenvalue weighted by Crippen LogP contribution is 2.42. The minimum absolute atomic E-state index is 0.206. The van der Waals surface area contributed by atoms with Crippen molar-refractivity contribution in [3.8, 4) is 0 Å². The molecule has 3 aliphatic rings. The first-order valence-corrected chi connectivity index (χ1v) is 9.46. The van der Waals surface area contributed by atoms with Gasteiger partial charge in [-0.3, -0.25) is 0 Å². The highest BCUT2D eigenvalue weighted by Gasteiger charge is 2.46. The maximum absolute atomic E-state index is 12.6. The van der Waals surface area contributed by atoms with Crippen molar-refractivity contribution in [3.05, 3.63) is 60.2 Å². The molecule has 3 saturated carbocycles. The highest BCUT2D eigenvalue weighted by atomic mass is 16.6. The van der Waals surface area contributed by atoms with Gasteiger partial charge < -0.3 is 9.47 Å². The van der Waals surface area contributed by atoms with Gasteiger partial charge in [0.2, 0.25) is 0 Å². The van der Waals surface area contributed by atoms with E-state index in [1.54, 1.807) is 48.8 Å². The number of fused-ring (bicyclic) bond motifs is 4. The average Bonchev–Trinajstić information content (AvgIpc) is 3.05. The Morgan fingerprint density at radius 2 is 1.22 bits per heavy atom. The molecule has 0 spiro atoms. The normalized spacial score (nSPS) is 26.8.